The van der Waals surface area contributed by atoms with Crippen LogP contribution in [-0.2, 0) is 0 Å². The van der Waals surface area contributed by atoms with Crippen molar-refractivity contribution in [3.63, 3.8) is 0 Å². The summed E-state index contributed by atoms with van der Waals surface area (Å²) in [6.45, 7) is 6.24. The lowest BCUT2D eigenvalue weighted by molar-refractivity contribution is 0.625. The Labute approximate surface area is 117 Å². The average molecular weight is 267 g/mol. The molecule has 0 aliphatic rings. The quantitative estimate of drug-likeness (QED) is 0.775. The van der Waals surface area contributed by atoms with E-state index in [2.05, 4.69) is 41.0 Å². The van der Waals surface area contributed by atoms with Gasteiger partial charge in [-0.25, -0.2) is 9.97 Å². The molecule has 3 rings (SSSR count). The molecule has 0 spiro atoms. The Morgan fingerprint density at radius 1 is 1.05 bits per heavy atom. The Balaban J connectivity index is 2.04. The number of fused-ring (bicyclic) bond motifs is 1. The van der Waals surface area contributed by atoms with Gasteiger partial charge in [-0.15, -0.1) is 0 Å². The second kappa shape index (κ2) is 4.59. The number of nitrogens with one attached hydrogen (secondary N) is 1. The van der Waals surface area contributed by atoms with Crippen LogP contribution in [0.1, 0.15) is 20.8 Å². The molecule has 2 aromatic heterocycles. The molecule has 5 nitrogen and oxygen atoms in total. The number of benzene rings is 1. The summed E-state index contributed by atoms with van der Waals surface area (Å²) in [6, 6.07) is 9.87. The monoisotopic (exact) mass is 267 g/mol. The summed E-state index contributed by atoms with van der Waals surface area (Å²) in [5.41, 5.74) is 1.92. The molecule has 2 heterocycles. The third-order valence-corrected chi connectivity index (χ3v) is 2.83. The first-order valence-electron chi connectivity index (χ1n) is 6.57. The first-order chi connectivity index (χ1) is 9.53. The average Bonchev–Trinajstić information content (AvgIpc) is 2.81. The maximum atomic E-state index is 4.55. The van der Waals surface area contributed by atoms with Gasteiger partial charge in [0.2, 0.25) is 5.95 Å². The minimum absolute atomic E-state index is 0.0738. The molecule has 1 N–H and O–H groups in total. The lowest BCUT2D eigenvalue weighted by atomic mass is 10.1. The molecule has 0 aliphatic carbocycles. The van der Waals surface area contributed by atoms with Crippen LogP contribution in [0.4, 0.5) is 5.95 Å². The van der Waals surface area contributed by atoms with Crippen molar-refractivity contribution in [3.8, 4) is 5.82 Å². The predicted molar refractivity (Wildman–Crippen MR) is 80.0 cm³/mol. The Hall–Kier alpha value is -2.43. The SMILES string of the molecule is CC(C)(C)Nc1nccc(-n2cnc3ccccc32)n1. The van der Waals surface area contributed by atoms with Gasteiger partial charge in [0.1, 0.15) is 12.1 Å². The van der Waals surface area contributed by atoms with Gasteiger partial charge in [0.25, 0.3) is 0 Å². The summed E-state index contributed by atoms with van der Waals surface area (Å²) in [6.07, 6.45) is 3.54. The number of hydrogen-bond acceptors (Lipinski definition) is 4. The molecule has 5 heteroatoms. The molecule has 0 radical (unpaired) electrons. The van der Waals surface area contributed by atoms with Crippen molar-refractivity contribution in [2.24, 2.45) is 0 Å². The second-order valence-electron chi connectivity index (χ2n) is 5.72. The standard InChI is InChI=1S/C15H17N5/c1-15(2,3)19-14-16-9-8-13(18-14)20-10-17-11-6-4-5-7-12(11)20/h4-10H,1-3H3,(H,16,18,19). The largest absolute Gasteiger partial charge is 0.350 e. The number of imidazole rings is 1. The van der Waals surface area contributed by atoms with Crippen molar-refractivity contribution < 1.29 is 0 Å². The summed E-state index contributed by atoms with van der Waals surface area (Å²) in [4.78, 5) is 13.2. The van der Waals surface area contributed by atoms with Gasteiger partial charge in [0, 0.05) is 11.7 Å². The number of hydrogen-bond donors (Lipinski definition) is 1. The zero-order chi connectivity index (χ0) is 14.2. The molecule has 1 aromatic carbocycles. The third kappa shape index (κ3) is 2.47. The van der Waals surface area contributed by atoms with E-state index in [1.807, 2.05) is 34.9 Å². The van der Waals surface area contributed by atoms with E-state index in [1.54, 1.807) is 12.5 Å². The molecular formula is C15H17N5. The molecule has 20 heavy (non-hydrogen) atoms. The van der Waals surface area contributed by atoms with Crippen LogP contribution in [-0.4, -0.2) is 25.1 Å². The fraction of sp³-hybridized carbons (Fsp3) is 0.267. The number of nitrogens with zero attached hydrogens (tertiary/aromatic N) is 4. The fourth-order valence-electron chi connectivity index (χ4n) is 2.02. The number of anilines is 1. The molecule has 0 unspecified atom stereocenters. The summed E-state index contributed by atoms with van der Waals surface area (Å²) >= 11 is 0. The number of para-hydroxylation sites is 2. The molecule has 3 aromatic rings. The van der Waals surface area contributed by atoms with Gasteiger partial charge in [0.05, 0.1) is 11.0 Å². The molecule has 0 aliphatic heterocycles. The third-order valence-electron chi connectivity index (χ3n) is 2.83. The zero-order valence-corrected chi connectivity index (χ0v) is 11.8. The van der Waals surface area contributed by atoms with Crippen molar-refractivity contribution in [2.45, 2.75) is 26.3 Å². The molecule has 0 fully saturated rings. The maximum Gasteiger partial charge on any atom is 0.225 e. The molecule has 0 amide bonds. The van der Waals surface area contributed by atoms with Gasteiger partial charge in [-0.05, 0) is 39.0 Å². The predicted octanol–water partition coefficient (Wildman–Crippen LogP) is 3.03. The first kappa shape index (κ1) is 12.6. The maximum absolute atomic E-state index is 4.55. The van der Waals surface area contributed by atoms with Crippen LogP contribution in [0.2, 0.25) is 0 Å². The van der Waals surface area contributed by atoms with Gasteiger partial charge >= 0.3 is 0 Å². The minimum atomic E-state index is -0.0738. The van der Waals surface area contributed by atoms with Crippen molar-refractivity contribution in [2.75, 3.05) is 5.32 Å². The normalized spacial score (nSPS) is 11.8. The topological polar surface area (TPSA) is 55.6 Å². The van der Waals surface area contributed by atoms with E-state index >= 15 is 0 Å². The highest BCUT2D eigenvalue weighted by atomic mass is 15.2. The van der Waals surface area contributed by atoms with Crippen LogP contribution >= 0.6 is 0 Å². The highest BCUT2D eigenvalue weighted by molar-refractivity contribution is 5.76. The van der Waals surface area contributed by atoms with Gasteiger partial charge in [-0.3, -0.25) is 4.57 Å². The van der Waals surface area contributed by atoms with Crippen molar-refractivity contribution in [1.82, 2.24) is 19.5 Å². The van der Waals surface area contributed by atoms with Crippen LogP contribution in [0.25, 0.3) is 16.9 Å². The van der Waals surface area contributed by atoms with Crippen molar-refractivity contribution in [1.29, 1.82) is 0 Å². The second-order valence-corrected chi connectivity index (χ2v) is 5.72. The number of rotatable bonds is 2. The van der Waals surface area contributed by atoms with E-state index in [1.165, 1.54) is 0 Å². The van der Waals surface area contributed by atoms with E-state index in [0.717, 1.165) is 16.9 Å². The lowest BCUT2D eigenvalue weighted by Crippen LogP contribution is -2.27. The Morgan fingerprint density at radius 3 is 2.65 bits per heavy atom. The molecule has 0 saturated carbocycles. The molecular weight excluding hydrogens is 250 g/mol. The van der Waals surface area contributed by atoms with Crippen LogP contribution < -0.4 is 5.32 Å². The molecule has 0 saturated heterocycles. The van der Waals surface area contributed by atoms with Crippen LogP contribution in [0.5, 0.6) is 0 Å². The summed E-state index contributed by atoms with van der Waals surface area (Å²) in [5.74, 6) is 1.42. The molecule has 0 bridgehead atoms. The smallest absolute Gasteiger partial charge is 0.225 e. The summed E-state index contributed by atoms with van der Waals surface area (Å²) < 4.78 is 1.96. The minimum Gasteiger partial charge on any atom is -0.350 e. The summed E-state index contributed by atoms with van der Waals surface area (Å²) in [7, 11) is 0. The fourth-order valence-corrected chi connectivity index (χ4v) is 2.02. The van der Waals surface area contributed by atoms with Gasteiger partial charge < -0.3 is 5.32 Å². The van der Waals surface area contributed by atoms with Crippen LogP contribution in [0.15, 0.2) is 42.9 Å². The Kier molecular flexibility index (Phi) is 2.89. The highest BCUT2D eigenvalue weighted by Gasteiger charge is 2.12. The Bertz CT molecular complexity index is 739. The van der Waals surface area contributed by atoms with Crippen molar-refractivity contribution >= 4 is 17.0 Å². The van der Waals surface area contributed by atoms with E-state index < -0.39 is 0 Å². The molecule has 102 valence electrons. The van der Waals surface area contributed by atoms with Gasteiger partial charge in [-0.2, -0.15) is 4.98 Å². The van der Waals surface area contributed by atoms with Crippen LogP contribution in [0, 0.1) is 0 Å². The van der Waals surface area contributed by atoms with E-state index in [0.29, 0.717) is 5.95 Å². The van der Waals surface area contributed by atoms with E-state index in [9.17, 15) is 0 Å². The zero-order valence-electron chi connectivity index (χ0n) is 11.8. The van der Waals surface area contributed by atoms with E-state index in [4.69, 9.17) is 0 Å². The highest BCUT2D eigenvalue weighted by Crippen LogP contribution is 2.17. The molecule has 0 atom stereocenters. The van der Waals surface area contributed by atoms with Gasteiger partial charge in [-0.1, -0.05) is 12.1 Å². The van der Waals surface area contributed by atoms with Gasteiger partial charge in [0.15, 0.2) is 0 Å². The lowest BCUT2D eigenvalue weighted by Gasteiger charge is -2.20. The number of aromatic nitrogens is 4. The van der Waals surface area contributed by atoms with E-state index in [-0.39, 0.29) is 5.54 Å². The first-order valence-corrected chi connectivity index (χ1v) is 6.57. The summed E-state index contributed by atoms with van der Waals surface area (Å²) in [5, 5.41) is 3.28. The van der Waals surface area contributed by atoms with Crippen LogP contribution in [0.3, 0.4) is 0 Å². The Morgan fingerprint density at radius 2 is 1.85 bits per heavy atom. The van der Waals surface area contributed by atoms with Crippen molar-refractivity contribution in [3.05, 3.63) is 42.9 Å².